The fraction of sp³-hybridized carbons (Fsp3) is 1.00. The Bertz CT molecular complexity index is 119. The zero-order valence-electron chi connectivity index (χ0n) is 9.01. The molecule has 1 unspecified atom stereocenters. The lowest BCUT2D eigenvalue weighted by atomic mass is 10.1. The van der Waals surface area contributed by atoms with Crippen LogP contribution in [0.3, 0.4) is 0 Å². The molecule has 0 amide bonds. The minimum atomic E-state index is 0.489. The van der Waals surface area contributed by atoms with Gasteiger partial charge in [0.1, 0.15) is 0 Å². The molecule has 0 aromatic carbocycles. The van der Waals surface area contributed by atoms with Crippen molar-refractivity contribution in [2.75, 3.05) is 13.7 Å². The second-order valence-electron chi connectivity index (χ2n) is 4.14. The highest BCUT2D eigenvalue weighted by atomic mass is 16.5. The molecule has 2 nitrogen and oxygen atoms in total. The summed E-state index contributed by atoms with van der Waals surface area (Å²) in [6, 6.07) is 0.489. The maximum absolute atomic E-state index is 5.85. The highest BCUT2D eigenvalue weighted by Gasteiger charge is 2.12. The SMILES string of the molecule is CNC(C)COC1CCCCCC1. The molecule has 13 heavy (non-hydrogen) atoms. The second-order valence-corrected chi connectivity index (χ2v) is 4.14. The molecule has 0 aliphatic heterocycles. The monoisotopic (exact) mass is 185 g/mol. The van der Waals surface area contributed by atoms with Crippen molar-refractivity contribution in [2.24, 2.45) is 0 Å². The van der Waals surface area contributed by atoms with Crippen LogP contribution in [0.1, 0.15) is 45.4 Å². The summed E-state index contributed by atoms with van der Waals surface area (Å²) in [6.07, 6.45) is 8.62. The van der Waals surface area contributed by atoms with Crippen LogP contribution >= 0.6 is 0 Å². The fourth-order valence-corrected chi connectivity index (χ4v) is 1.77. The Morgan fingerprint density at radius 3 is 2.38 bits per heavy atom. The Morgan fingerprint density at radius 1 is 1.23 bits per heavy atom. The van der Waals surface area contributed by atoms with Crippen molar-refractivity contribution in [3.63, 3.8) is 0 Å². The molecule has 78 valence electrons. The van der Waals surface area contributed by atoms with Gasteiger partial charge in [-0.25, -0.2) is 0 Å². The largest absolute Gasteiger partial charge is 0.377 e. The molecule has 0 spiro atoms. The molecule has 0 radical (unpaired) electrons. The summed E-state index contributed by atoms with van der Waals surface area (Å²) < 4.78 is 5.85. The first kappa shape index (κ1) is 11.0. The summed E-state index contributed by atoms with van der Waals surface area (Å²) in [4.78, 5) is 0. The number of hydrogen-bond donors (Lipinski definition) is 1. The van der Waals surface area contributed by atoms with E-state index in [2.05, 4.69) is 12.2 Å². The van der Waals surface area contributed by atoms with Gasteiger partial charge >= 0.3 is 0 Å². The summed E-state index contributed by atoms with van der Waals surface area (Å²) in [5, 5.41) is 3.20. The van der Waals surface area contributed by atoms with Crippen LogP contribution in [0.4, 0.5) is 0 Å². The third-order valence-electron chi connectivity index (χ3n) is 2.88. The number of likely N-dealkylation sites (N-methyl/N-ethyl adjacent to an activating group) is 1. The van der Waals surface area contributed by atoms with Gasteiger partial charge in [0.2, 0.25) is 0 Å². The van der Waals surface area contributed by atoms with Crippen molar-refractivity contribution in [3.05, 3.63) is 0 Å². The minimum absolute atomic E-state index is 0.489. The zero-order valence-corrected chi connectivity index (χ0v) is 9.01. The lowest BCUT2D eigenvalue weighted by Crippen LogP contribution is -2.29. The van der Waals surface area contributed by atoms with Gasteiger partial charge < -0.3 is 10.1 Å². The van der Waals surface area contributed by atoms with Gasteiger partial charge in [-0.1, -0.05) is 25.7 Å². The number of nitrogens with one attached hydrogen (secondary N) is 1. The molecular weight excluding hydrogens is 162 g/mol. The molecule has 1 atom stereocenters. The summed E-state index contributed by atoms with van der Waals surface area (Å²) >= 11 is 0. The van der Waals surface area contributed by atoms with E-state index in [4.69, 9.17) is 4.74 Å². The first-order valence-electron chi connectivity index (χ1n) is 5.62. The molecule has 0 bridgehead atoms. The molecule has 0 aromatic heterocycles. The highest BCUT2D eigenvalue weighted by Crippen LogP contribution is 2.19. The van der Waals surface area contributed by atoms with Crippen molar-refractivity contribution in [3.8, 4) is 0 Å². The van der Waals surface area contributed by atoms with Crippen molar-refractivity contribution in [2.45, 2.75) is 57.6 Å². The van der Waals surface area contributed by atoms with Gasteiger partial charge in [0, 0.05) is 6.04 Å². The number of rotatable bonds is 4. The third kappa shape index (κ3) is 4.63. The van der Waals surface area contributed by atoms with E-state index in [-0.39, 0.29) is 0 Å². The van der Waals surface area contributed by atoms with E-state index in [0.717, 1.165) is 6.61 Å². The molecule has 2 heteroatoms. The normalized spacial score (nSPS) is 22.6. The molecule has 0 heterocycles. The van der Waals surface area contributed by atoms with E-state index in [9.17, 15) is 0 Å². The first-order chi connectivity index (χ1) is 6.33. The molecule has 1 saturated carbocycles. The minimum Gasteiger partial charge on any atom is -0.377 e. The molecule has 1 N–H and O–H groups in total. The molecule has 1 aliphatic carbocycles. The van der Waals surface area contributed by atoms with E-state index in [1.54, 1.807) is 0 Å². The fourth-order valence-electron chi connectivity index (χ4n) is 1.77. The van der Waals surface area contributed by atoms with Crippen molar-refractivity contribution in [1.29, 1.82) is 0 Å². The average Bonchev–Trinajstić information content (AvgIpc) is 2.42. The maximum atomic E-state index is 5.85. The van der Waals surface area contributed by atoms with Gasteiger partial charge in [-0.3, -0.25) is 0 Å². The van der Waals surface area contributed by atoms with Gasteiger partial charge in [0.15, 0.2) is 0 Å². The summed E-state index contributed by atoms with van der Waals surface area (Å²) in [7, 11) is 1.99. The number of hydrogen-bond acceptors (Lipinski definition) is 2. The van der Waals surface area contributed by atoms with Crippen LogP contribution in [0.25, 0.3) is 0 Å². The highest BCUT2D eigenvalue weighted by molar-refractivity contribution is 4.65. The smallest absolute Gasteiger partial charge is 0.0620 e. The van der Waals surface area contributed by atoms with Gasteiger partial charge in [-0.2, -0.15) is 0 Å². The topological polar surface area (TPSA) is 21.3 Å². The van der Waals surface area contributed by atoms with E-state index < -0.39 is 0 Å². The summed E-state index contributed by atoms with van der Waals surface area (Å²) in [5.74, 6) is 0. The first-order valence-corrected chi connectivity index (χ1v) is 5.62. The van der Waals surface area contributed by atoms with Gasteiger partial charge in [-0.05, 0) is 26.8 Å². The van der Waals surface area contributed by atoms with Crippen LogP contribution in [0.5, 0.6) is 0 Å². The Balaban J connectivity index is 2.11. The molecular formula is C11H23NO. The van der Waals surface area contributed by atoms with E-state index in [1.807, 2.05) is 7.05 Å². The van der Waals surface area contributed by atoms with Crippen LogP contribution in [-0.4, -0.2) is 25.8 Å². The maximum Gasteiger partial charge on any atom is 0.0620 e. The van der Waals surface area contributed by atoms with Crippen LogP contribution in [-0.2, 0) is 4.74 Å². The molecule has 1 rings (SSSR count). The summed E-state index contributed by atoms with van der Waals surface area (Å²) in [6.45, 7) is 3.03. The van der Waals surface area contributed by atoms with Crippen LogP contribution in [0, 0.1) is 0 Å². The van der Waals surface area contributed by atoms with Gasteiger partial charge in [-0.15, -0.1) is 0 Å². The van der Waals surface area contributed by atoms with Crippen molar-refractivity contribution >= 4 is 0 Å². The van der Waals surface area contributed by atoms with E-state index >= 15 is 0 Å². The lowest BCUT2D eigenvalue weighted by molar-refractivity contribution is 0.0329. The Kier molecular flexibility index (Phi) is 5.40. The Labute approximate surface area is 82.0 Å². The van der Waals surface area contributed by atoms with E-state index in [0.29, 0.717) is 12.1 Å². The lowest BCUT2D eigenvalue weighted by Gasteiger charge is -2.18. The van der Waals surface area contributed by atoms with Crippen molar-refractivity contribution in [1.82, 2.24) is 5.32 Å². The third-order valence-corrected chi connectivity index (χ3v) is 2.88. The quantitative estimate of drug-likeness (QED) is 0.679. The molecule has 0 saturated heterocycles. The standard InChI is InChI=1S/C11H23NO/c1-10(12-2)9-13-11-7-5-3-4-6-8-11/h10-12H,3-9H2,1-2H3. The van der Waals surface area contributed by atoms with Crippen LogP contribution < -0.4 is 5.32 Å². The Morgan fingerprint density at radius 2 is 1.85 bits per heavy atom. The van der Waals surface area contributed by atoms with Gasteiger partial charge in [0.05, 0.1) is 12.7 Å². The predicted molar refractivity (Wildman–Crippen MR) is 56.0 cm³/mol. The second kappa shape index (κ2) is 6.39. The molecule has 1 fully saturated rings. The predicted octanol–water partition coefficient (Wildman–Crippen LogP) is 2.33. The number of ether oxygens (including phenoxy) is 1. The Hall–Kier alpha value is -0.0800. The van der Waals surface area contributed by atoms with Crippen molar-refractivity contribution < 1.29 is 4.74 Å². The zero-order chi connectivity index (χ0) is 9.52. The van der Waals surface area contributed by atoms with Gasteiger partial charge in [0.25, 0.3) is 0 Å². The van der Waals surface area contributed by atoms with E-state index in [1.165, 1.54) is 38.5 Å². The average molecular weight is 185 g/mol. The van der Waals surface area contributed by atoms with Crippen LogP contribution in [0.2, 0.25) is 0 Å². The summed E-state index contributed by atoms with van der Waals surface area (Å²) in [5.41, 5.74) is 0. The van der Waals surface area contributed by atoms with Crippen LogP contribution in [0.15, 0.2) is 0 Å². The molecule has 0 aromatic rings. The molecule has 1 aliphatic rings.